The molecule has 2 aromatic carbocycles. The molecular formula is C22H23N3O5. The van der Waals surface area contributed by atoms with Crippen molar-refractivity contribution in [3.63, 3.8) is 0 Å². The molecule has 2 aromatic rings. The van der Waals surface area contributed by atoms with E-state index in [9.17, 15) is 4.79 Å². The molecule has 4 rings (SSSR count). The van der Waals surface area contributed by atoms with Gasteiger partial charge in [-0.3, -0.25) is 0 Å². The number of esters is 1. The van der Waals surface area contributed by atoms with Crippen LogP contribution in [0.15, 0.2) is 65.8 Å². The molecule has 0 radical (unpaired) electrons. The molecule has 2 heterocycles. The molecule has 0 saturated carbocycles. The normalized spacial score (nSPS) is 26.8. The van der Waals surface area contributed by atoms with Gasteiger partial charge in [-0.1, -0.05) is 65.8 Å². The first-order valence-corrected chi connectivity index (χ1v) is 9.77. The number of carbonyl (C=O) groups excluding carboxylic acids is 1. The summed E-state index contributed by atoms with van der Waals surface area (Å²) in [5.41, 5.74) is 9.25. The highest BCUT2D eigenvalue weighted by Gasteiger charge is 2.67. The number of ether oxygens (including phenoxy) is 4. The molecule has 2 aliphatic heterocycles. The SMILES string of the molecule is CC1(C)O[C@@H]2[C@H](COC(c3ccccc3)c3ccccc3)OC(=O)[C@]2(CN=[N+]=[N-])O1. The fraction of sp³-hybridized carbons (Fsp3) is 0.409. The minimum atomic E-state index is -1.46. The van der Waals surface area contributed by atoms with Gasteiger partial charge in [-0.2, -0.15) is 0 Å². The summed E-state index contributed by atoms with van der Waals surface area (Å²) in [6, 6.07) is 19.6. The third-order valence-electron chi connectivity index (χ3n) is 5.24. The van der Waals surface area contributed by atoms with E-state index in [-0.39, 0.29) is 19.3 Å². The molecule has 0 N–H and O–H groups in total. The van der Waals surface area contributed by atoms with Crippen LogP contribution in [-0.4, -0.2) is 42.7 Å². The standard InChI is InChI=1S/C22H23N3O5/c1-21(2)29-19-17(28-20(26)22(19,30-21)14-24-25-23)13-27-18(15-9-5-3-6-10-15)16-11-7-4-8-12-16/h3-12,17-19H,13-14H2,1-2H3/t17-,19+,22+/m0/s1. The second kappa shape index (κ2) is 8.08. The number of nitrogens with zero attached hydrogens (tertiary/aromatic N) is 3. The highest BCUT2D eigenvalue weighted by molar-refractivity contribution is 5.84. The van der Waals surface area contributed by atoms with E-state index in [1.165, 1.54) is 0 Å². The first kappa shape index (κ1) is 20.4. The molecule has 0 spiro atoms. The van der Waals surface area contributed by atoms with E-state index < -0.39 is 29.6 Å². The van der Waals surface area contributed by atoms with Crippen LogP contribution < -0.4 is 0 Å². The van der Waals surface area contributed by atoms with Gasteiger partial charge < -0.3 is 18.9 Å². The van der Waals surface area contributed by atoms with Gasteiger partial charge in [0, 0.05) is 4.91 Å². The van der Waals surface area contributed by atoms with Crippen LogP contribution in [0.25, 0.3) is 10.4 Å². The molecular weight excluding hydrogens is 386 g/mol. The number of carbonyl (C=O) groups is 1. The van der Waals surface area contributed by atoms with Gasteiger partial charge in [-0.25, -0.2) is 4.79 Å². The molecule has 8 heteroatoms. The number of rotatable bonds is 7. The molecule has 156 valence electrons. The van der Waals surface area contributed by atoms with Crippen LogP contribution in [0, 0.1) is 0 Å². The van der Waals surface area contributed by atoms with Crippen molar-refractivity contribution in [2.45, 2.75) is 43.5 Å². The Hall–Kier alpha value is -2.90. The number of hydrogen-bond donors (Lipinski definition) is 0. The Labute approximate surface area is 174 Å². The number of azide groups is 1. The van der Waals surface area contributed by atoms with Crippen molar-refractivity contribution < 1.29 is 23.7 Å². The first-order valence-electron chi connectivity index (χ1n) is 9.77. The molecule has 0 bridgehead atoms. The molecule has 2 fully saturated rings. The Kier molecular flexibility index (Phi) is 5.49. The van der Waals surface area contributed by atoms with Gasteiger partial charge in [0.2, 0.25) is 5.60 Å². The highest BCUT2D eigenvalue weighted by Crippen LogP contribution is 2.45. The Balaban J connectivity index is 1.57. The molecule has 8 nitrogen and oxygen atoms in total. The quantitative estimate of drug-likeness (QED) is 0.298. The molecule has 3 atom stereocenters. The predicted molar refractivity (Wildman–Crippen MR) is 107 cm³/mol. The molecule has 30 heavy (non-hydrogen) atoms. The molecule has 2 aliphatic rings. The summed E-state index contributed by atoms with van der Waals surface area (Å²) in [6.45, 7) is 3.33. The molecule has 0 unspecified atom stereocenters. The van der Waals surface area contributed by atoms with E-state index in [1.54, 1.807) is 13.8 Å². The van der Waals surface area contributed by atoms with Crippen molar-refractivity contribution in [3.8, 4) is 0 Å². The number of benzene rings is 2. The lowest BCUT2D eigenvalue weighted by molar-refractivity contribution is -0.200. The van der Waals surface area contributed by atoms with E-state index in [4.69, 9.17) is 24.5 Å². The van der Waals surface area contributed by atoms with Crippen molar-refractivity contribution in [2.75, 3.05) is 13.2 Å². The average Bonchev–Trinajstić information content (AvgIpc) is 3.16. The topological polar surface area (TPSA) is 103 Å². The molecule has 0 amide bonds. The van der Waals surface area contributed by atoms with Gasteiger partial charge in [0.05, 0.1) is 13.2 Å². The maximum atomic E-state index is 12.7. The van der Waals surface area contributed by atoms with E-state index in [2.05, 4.69) is 10.0 Å². The summed E-state index contributed by atoms with van der Waals surface area (Å²) in [4.78, 5) is 15.5. The van der Waals surface area contributed by atoms with Crippen LogP contribution in [0.4, 0.5) is 0 Å². The summed E-state index contributed by atoms with van der Waals surface area (Å²) in [6.07, 6.45) is -1.77. The van der Waals surface area contributed by atoms with Crippen molar-refractivity contribution in [2.24, 2.45) is 5.11 Å². The van der Waals surface area contributed by atoms with Gasteiger partial charge in [-0.05, 0) is 30.5 Å². The van der Waals surface area contributed by atoms with E-state index in [1.807, 2.05) is 60.7 Å². The lowest BCUT2D eigenvalue weighted by Gasteiger charge is -2.24. The van der Waals surface area contributed by atoms with E-state index >= 15 is 0 Å². The third-order valence-corrected chi connectivity index (χ3v) is 5.24. The molecule has 2 saturated heterocycles. The minimum Gasteiger partial charge on any atom is -0.455 e. The Morgan fingerprint density at radius 3 is 2.27 bits per heavy atom. The van der Waals surface area contributed by atoms with Gasteiger partial charge in [-0.15, -0.1) is 0 Å². The van der Waals surface area contributed by atoms with Crippen molar-refractivity contribution in [3.05, 3.63) is 82.2 Å². The van der Waals surface area contributed by atoms with Gasteiger partial charge in [0.1, 0.15) is 12.2 Å². The van der Waals surface area contributed by atoms with E-state index in [0.29, 0.717) is 0 Å². The fourth-order valence-corrected chi connectivity index (χ4v) is 4.03. The lowest BCUT2D eigenvalue weighted by atomic mass is 9.96. The summed E-state index contributed by atoms with van der Waals surface area (Å²) in [7, 11) is 0. The summed E-state index contributed by atoms with van der Waals surface area (Å²) in [5.74, 6) is -1.61. The Bertz CT molecular complexity index is 906. The second-order valence-electron chi connectivity index (χ2n) is 7.80. The zero-order chi connectivity index (χ0) is 21.2. The van der Waals surface area contributed by atoms with Crippen LogP contribution in [0.1, 0.15) is 31.1 Å². The average molecular weight is 409 g/mol. The van der Waals surface area contributed by atoms with Crippen molar-refractivity contribution in [1.82, 2.24) is 0 Å². The number of hydrogen-bond acceptors (Lipinski definition) is 6. The maximum absolute atomic E-state index is 12.7. The van der Waals surface area contributed by atoms with Gasteiger partial charge >= 0.3 is 5.97 Å². The smallest absolute Gasteiger partial charge is 0.342 e. The minimum absolute atomic E-state index is 0.0995. The first-order chi connectivity index (χ1) is 14.5. The van der Waals surface area contributed by atoms with Crippen LogP contribution in [0.2, 0.25) is 0 Å². The van der Waals surface area contributed by atoms with Crippen molar-refractivity contribution >= 4 is 5.97 Å². The van der Waals surface area contributed by atoms with Gasteiger partial charge in [0.25, 0.3) is 0 Å². The van der Waals surface area contributed by atoms with Crippen LogP contribution in [-0.2, 0) is 23.7 Å². The maximum Gasteiger partial charge on any atom is 0.342 e. The third kappa shape index (κ3) is 3.78. The van der Waals surface area contributed by atoms with E-state index in [0.717, 1.165) is 11.1 Å². The van der Waals surface area contributed by atoms with Crippen molar-refractivity contribution in [1.29, 1.82) is 0 Å². The van der Waals surface area contributed by atoms with Crippen LogP contribution in [0.3, 0.4) is 0 Å². The lowest BCUT2D eigenvalue weighted by Crippen LogP contribution is -2.47. The predicted octanol–water partition coefficient (Wildman–Crippen LogP) is 3.92. The second-order valence-corrected chi connectivity index (χ2v) is 7.80. The Morgan fingerprint density at radius 2 is 1.70 bits per heavy atom. The summed E-state index contributed by atoms with van der Waals surface area (Å²) < 4.78 is 23.6. The van der Waals surface area contributed by atoms with Crippen LogP contribution >= 0.6 is 0 Å². The fourth-order valence-electron chi connectivity index (χ4n) is 4.03. The monoisotopic (exact) mass is 409 g/mol. The zero-order valence-corrected chi connectivity index (χ0v) is 16.8. The summed E-state index contributed by atoms with van der Waals surface area (Å²) in [5, 5.41) is 3.56. The largest absolute Gasteiger partial charge is 0.455 e. The van der Waals surface area contributed by atoms with Gasteiger partial charge in [0.15, 0.2) is 11.9 Å². The molecule has 0 aromatic heterocycles. The van der Waals surface area contributed by atoms with Crippen LogP contribution in [0.5, 0.6) is 0 Å². The Morgan fingerprint density at radius 1 is 1.10 bits per heavy atom. The molecule has 0 aliphatic carbocycles. The number of fused-ring (bicyclic) bond motifs is 1. The number of cyclic esters (lactones) is 1. The summed E-state index contributed by atoms with van der Waals surface area (Å²) >= 11 is 0. The zero-order valence-electron chi connectivity index (χ0n) is 16.8. The highest BCUT2D eigenvalue weighted by atomic mass is 16.8.